The van der Waals surface area contributed by atoms with Crippen molar-refractivity contribution in [3.8, 4) is 11.5 Å². The summed E-state index contributed by atoms with van der Waals surface area (Å²) in [4.78, 5) is 10.9. The van der Waals surface area contributed by atoms with Crippen LogP contribution in [-0.4, -0.2) is 43.3 Å². The molecule has 6 heteroatoms. The van der Waals surface area contributed by atoms with Crippen molar-refractivity contribution in [2.45, 2.75) is 18.9 Å². The van der Waals surface area contributed by atoms with E-state index in [0.717, 1.165) is 17.3 Å². The van der Waals surface area contributed by atoms with Gasteiger partial charge in [0.25, 0.3) is 0 Å². The van der Waals surface area contributed by atoms with Crippen LogP contribution in [0.3, 0.4) is 0 Å². The molecule has 1 atom stereocenters. The van der Waals surface area contributed by atoms with E-state index in [0.29, 0.717) is 18.1 Å². The fourth-order valence-electron chi connectivity index (χ4n) is 1.68. The van der Waals surface area contributed by atoms with E-state index in [-0.39, 0.29) is 6.42 Å². The summed E-state index contributed by atoms with van der Waals surface area (Å²) in [5, 5.41) is 9.85. The number of rotatable bonds is 9. The standard InChI is InChI=1S/C14H19BrO5/c1-18-12-8-10(9-13(19-2)14(16)17)4-5-11(12)20-7-3-6-15/h4-5,8,13H,3,6-7,9H2,1-2H3,(H,16,17). The van der Waals surface area contributed by atoms with Gasteiger partial charge < -0.3 is 19.3 Å². The number of carboxylic acids is 1. The normalized spacial score (nSPS) is 11.9. The molecular formula is C14H19BrO5. The Bertz CT molecular complexity index is 436. The second-order valence-corrected chi connectivity index (χ2v) is 4.94. The molecule has 0 aliphatic rings. The van der Waals surface area contributed by atoms with Crippen LogP contribution in [0.5, 0.6) is 11.5 Å². The molecule has 0 aliphatic heterocycles. The number of aliphatic carboxylic acids is 1. The summed E-state index contributed by atoms with van der Waals surface area (Å²) in [6.07, 6.45) is 0.319. The van der Waals surface area contributed by atoms with Crippen molar-refractivity contribution in [2.24, 2.45) is 0 Å². The number of alkyl halides is 1. The zero-order valence-electron chi connectivity index (χ0n) is 11.6. The van der Waals surface area contributed by atoms with E-state index in [1.807, 2.05) is 6.07 Å². The lowest BCUT2D eigenvalue weighted by atomic mass is 10.1. The number of carboxylic acid groups (broad SMARTS) is 1. The molecule has 0 heterocycles. The van der Waals surface area contributed by atoms with Gasteiger partial charge >= 0.3 is 5.97 Å². The van der Waals surface area contributed by atoms with Gasteiger partial charge in [-0.05, 0) is 24.1 Å². The van der Waals surface area contributed by atoms with Gasteiger partial charge in [-0.2, -0.15) is 0 Å². The summed E-state index contributed by atoms with van der Waals surface area (Å²) in [7, 11) is 2.94. The molecule has 1 unspecified atom stereocenters. The van der Waals surface area contributed by atoms with E-state index >= 15 is 0 Å². The Morgan fingerprint density at radius 1 is 1.35 bits per heavy atom. The highest BCUT2D eigenvalue weighted by atomic mass is 79.9. The van der Waals surface area contributed by atoms with Crippen molar-refractivity contribution in [2.75, 3.05) is 26.2 Å². The monoisotopic (exact) mass is 346 g/mol. The van der Waals surface area contributed by atoms with Gasteiger partial charge in [0.1, 0.15) is 0 Å². The first-order valence-electron chi connectivity index (χ1n) is 6.23. The number of carbonyl (C=O) groups is 1. The van der Waals surface area contributed by atoms with Crippen molar-refractivity contribution >= 4 is 21.9 Å². The minimum absolute atomic E-state index is 0.282. The number of ether oxygens (including phenoxy) is 3. The van der Waals surface area contributed by atoms with Crippen LogP contribution in [0.1, 0.15) is 12.0 Å². The molecule has 0 saturated carbocycles. The van der Waals surface area contributed by atoms with Gasteiger partial charge in [0.2, 0.25) is 0 Å². The van der Waals surface area contributed by atoms with E-state index in [9.17, 15) is 4.79 Å². The van der Waals surface area contributed by atoms with Crippen LogP contribution in [0.25, 0.3) is 0 Å². The average molecular weight is 347 g/mol. The van der Waals surface area contributed by atoms with Gasteiger partial charge in [-0.3, -0.25) is 0 Å². The molecule has 112 valence electrons. The Morgan fingerprint density at radius 3 is 2.65 bits per heavy atom. The summed E-state index contributed by atoms with van der Waals surface area (Å²) in [5.41, 5.74) is 0.823. The molecule has 1 aromatic rings. The van der Waals surface area contributed by atoms with Crippen molar-refractivity contribution in [3.63, 3.8) is 0 Å². The highest BCUT2D eigenvalue weighted by Crippen LogP contribution is 2.28. The molecule has 0 aromatic heterocycles. The summed E-state index contributed by atoms with van der Waals surface area (Å²) < 4.78 is 15.8. The van der Waals surface area contributed by atoms with Crippen LogP contribution in [0, 0.1) is 0 Å². The third-order valence-electron chi connectivity index (χ3n) is 2.74. The fraction of sp³-hybridized carbons (Fsp3) is 0.500. The smallest absolute Gasteiger partial charge is 0.333 e. The van der Waals surface area contributed by atoms with Crippen LogP contribution in [0.2, 0.25) is 0 Å². The molecule has 1 rings (SSSR count). The van der Waals surface area contributed by atoms with Gasteiger partial charge in [0.05, 0.1) is 13.7 Å². The molecular weight excluding hydrogens is 328 g/mol. The van der Waals surface area contributed by atoms with Crippen LogP contribution in [0.15, 0.2) is 18.2 Å². The van der Waals surface area contributed by atoms with Crippen molar-refractivity contribution in [3.05, 3.63) is 23.8 Å². The molecule has 5 nitrogen and oxygen atoms in total. The molecule has 1 aromatic carbocycles. The predicted molar refractivity (Wildman–Crippen MR) is 79.0 cm³/mol. The molecule has 0 spiro atoms. The van der Waals surface area contributed by atoms with E-state index in [1.165, 1.54) is 7.11 Å². The van der Waals surface area contributed by atoms with Crippen LogP contribution >= 0.6 is 15.9 Å². The van der Waals surface area contributed by atoms with Crippen LogP contribution in [0.4, 0.5) is 0 Å². The minimum Gasteiger partial charge on any atom is -0.493 e. The molecule has 0 amide bonds. The fourth-order valence-corrected chi connectivity index (χ4v) is 1.91. The van der Waals surface area contributed by atoms with E-state index in [4.69, 9.17) is 19.3 Å². The number of halogens is 1. The number of benzene rings is 1. The second-order valence-electron chi connectivity index (χ2n) is 4.14. The van der Waals surface area contributed by atoms with Gasteiger partial charge in [-0.25, -0.2) is 4.79 Å². The Hall–Kier alpha value is -1.27. The highest BCUT2D eigenvalue weighted by molar-refractivity contribution is 9.09. The van der Waals surface area contributed by atoms with E-state index < -0.39 is 12.1 Å². The quantitative estimate of drug-likeness (QED) is 0.549. The topological polar surface area (TPSA) is 65.0 Å². The van der Waals surface area contributed by atoms with E-state index in [2.05, 4.69) is 15.9 Å². The minimum atomic E-state index is -0.982. The second kappa shape index (κ2) is 8.81. The largest absolute Gasteiger partial charge is 0.493 e. The Balaban J connectivity index is 2.78. The molecule has 0 bridgehead atoms. The predicted octanol–water partition coefficient (Wildman–Crippen LogP) is 2.50. The molecule has 0 radical (unpaired) electrons. The average Bonchev–Trinajstić information content (AvgIpc) is 2.45. The summed E-state index contributed by atoms with van der Waals surface area (Å²) in [5.74, 6) is 0.267. The molecule has 0 saturated heterocycles. The first-order valence-corrected chi connectivity index (χ1v) is 7.35. The SMILES string of the molecule is COc1cc(CC(OC)C(=O)O)ccc1OCCCBr. The van der Waals surface area contributed by atoms with Crippen LogP contribution < -0.4 is 9.47 Å². The molecule has 1 N–H and O–H groups in total. The summed E-state index contributed by atoms with van der Waals surface area (Å²) in [6, 6.07) is 5.39. The molecule has 0 fully saturated rings. The maximum absolute atomic E-state index is 10.9. The first-order chi connectivity index (χ1) is 9.62. The van der Waals surface area contributed by atoms with Crippen molar-refractivity contribution in [1.82, 2.24) is 0 Å². The maximum Gasteiger partial charge on any atom is 0.333 e. The lowest BCUT2D eigenvalue weighted by Crippen LogP contribution is -2.24. The third-order valence-corrected chi connectivity index (χ3v) is 3.31. The van der Waals surface area contributed by atoms with Crippen LogP contribution in [-0.2, 0) is 16.0 Å². The first kappa shape index (κ1) is 16.8. The highest BCUT2D eigenvalue weighted by Gasteiger charge is 2.17. The van der Waals surface area contributed by atoms with Crippen molar-refractivity contribution in [1.29, 1.82) is 0 Å². The molecule has 0 aliphatic carbocycles. The third kappa shape index (κ3) is 5.02. The van der Waals surface area contributed by atoms with Gasteiger partial charge in [0, 0.05) is 18.9 Å². The maximum atomic E-state index is 10.9. The van der Waals surface area contributed by atoms with E-state index in [1.54, 1.807) is 19.2 Å². The number of methoxy groups -OCH3 is 2. The Kier molecular flexibility index (Phi) is 7.40. The van der Waals surface area contributed by atoms with Gasteiger partial charge in [0.15, 0.2) is 17.6 Å². The van der Waals surface area contributed by atoms with Gasteiger partial charge in [-0.1, -0.05) is 22.0 Å². The summed E-state index contributed by atoms with van der Waals surface area (Å²) in [6.45, 7) is 0.594. The Morgan fingerprint density at radius 2 is 2.10 bits per heavy atom. The zero-order valence-corrected chi connectivity index (χ0v) is 13.2. The summed E-state index contributed by atoms with van der Waals surface area (Å²) >= 11 is 3.34. The number of hydrogen-bond acceptors (Lipinski definition) is 4. The van der Waals surface area contributed by atoms with Crippen molar-refractivity contribution < 1.29 is 24.1 Å². The lowest BCUT2D eigenvalue weighted by molar-refractivity contribution is -0.148. The van der Waals surface area contributed by atoms with Gasteiger partial charge in [-0.15, -0.1) is 0 Å². The number of hydrogen-bond donors (Lipinski definition) is 1. The zero-order chi connectivity index (χ0) is 15.0. The Labute approximate surface area is 127 Å². The molecule has 20 heavy (non-hydrogen) atoms. The lowest BCUT2D eigenvalue weighted by Gasteiger charge is -2.14.